The summed E-state index contributed by atoms with van der Waals surface area (Å²) in [7, 11) is 1.68. The van der Waals surface area contributed by atoms with Gasteiger partial charge in [0.25, 0.3) is 0 Å². The molecule has 0 unspecified atom stereocenters. The first-order valence-electron chi connectivity index (χ1n) is 6.29. The zero-order valence-corrected chi connectivity index (χ0v) is 11.5. The van der Waals surface area contributed by atoms with Crippen molar-refractivity contribution in [1.82, 2.24) is 10.6 Å². The number of halogens is 1. The van der Waals surface area contributed by atoms with Gasteiger partial charge in [-0.05, 0) is 12.3 Å². The second-order valence-electron chi connectivity index (χ2n) is 4.43. The minimum atomic E-state index is 0. The molecule has 0 atom stereocenters. The summed E-state index contributed by atoms with van der Waals surface area (Å²) >= 11 is 0. The predicted molar refractivity (Wildman–Crippen MR) is 71.6 cm³/mol. The van der Waals surface area contributed by atoms with E-state index in [1.54, 1.807) is 7.11 Å². The molecule has 1 amide bonds. The zero-order chi connectivity index (χ0) is 11.6. The van der Waals surface area contributed by atoms with Crippen molar-refractivity contribution in [1.29, 1.82) is 0 Å². The Hall–Kier alpha value is -0.320. The van der Waals surface area contributed by atoms with Crippen LogP contribution in [0, 0.1) is 5.92 Å². The number of carbonyl (C=O) groups is 1. The Morgan fingerprint density at radius 1 is 1.29 bits per heavy atom. The first-order chi connectivity index (χ1) is 7.83. The van der Waals surface area contributed by atoms with E-state index in [-0.39, 0.29) is 18.3 Å². The van der Waals surface area contributed by atoms with E-state index in [4.69, 9.17) is 4.74 Å². The monoisotopic (exact) mass is 264 g/mol. The first kappa shape index (κ1) is 16.7. The molecule has 0 bridgehead atoms. The average molecular weight is 265 g/mol. The van der Waals surface area contributed by atoms with Crippen LogP contribution < -0.4 is 10.6 Å². The van der Waals surface area contributed by atoms with Crippen LogP contribution in [0.3, 0.4) is 0 Å². The quantitative estimate of drug-likeness (QED) is 0.618. The lowest BCUT2D eigenvalue weighted by atomic mass is 9.82. The summed E-state index contributed by atoms with van der Waals surface area (Å²) in [6, 6.07) is 0. The molecule has 5 heteroatoms. The number of ether oxygens (including phenoxy) is 1. The maximum absolute atomic E-state index is 11.4. The molecule has 0 aromatic carbocycles. The summed E-state index contributed by atoms with van der Waals surface area (Å²) in [6.45, 7) is 3.09. The summed E-state index contributed by atoms with van der Waals surface area (Å²) in [4.78, 5) is 11.4. The first-order valence-corrected chi connectivity index (χ1v) is 6.29. The Morgan fingerprint density at radius 3 is 2.65 bits per heavy atom. The zero-order valence-electron chi connectivity index (χ0n) is 10.7. The molecular weight excluding hydrogens is 240 g/mol. The van der Waals surface area contributed by atoms with Crippen molar-refractivity contribution in [2.45, 2.75) is 32.1 Å². The molecule has 0 radical (unpaired) electrons. The van der Waals surface area contributed by atoms with Gasteiger partial charge in [0.05, 0.1) is 6.61 Å². The lowest BCUT2D eigenvalue weighted by molar-refractivity contribution is -0.121. The standard InChI is InChI=1S/C12H24N2O2.ClH/c1-16-10-9-13-7-8-14-12(15)6-5-11-3-2-4-11;/h11,13H,2-10H2,1H3,(H,14,15);1H. The lowest BCUT2D eigenvalue weighted by Gasteiger charge is -2.24. The van der Waals surface area contributed by atoms with Gasteiger partial charge in [0, 0.05) is 33.2 Å². The molecule has 1 aliphatic carbocycles. The number of hydrogen-bond acceptors (Lipinski definition) is 3. The Kier molecular flexibility index (Phi) is 10.6. The molecule has 1 rings (SSSR count). The topological polar surface area (TPSA) is 50.4 Å². The SMILES string of the molecule is COCCNCCNC(=O)CCC1CCC1.Cl. The predicted octanol–water partition coefficient (Wildman–Crippen LogP) is 1.34. The molecule has 0 heterocycles. The molecule has 0 aromatic heterocycles. The number of amides is 1. The molecular formula is C12H25ClN2O2. The minimum absolute atomic E-state index is 0. The van der Waals surface area contributed by atoms with Crippen LogP contribution in [0.25, 0.3) is 0 Å². The summed E-state index contributed by atoms with van der Waals surface area (Å²) < 4.78 is 4.90. The number of rotatable bonds is 9. The highest BCUT2D eigenvalue weighted by atomic mass is 35.5. The molecule has 0 aromatic rings. The molecule has 17 heavy (non-hydrogen) atoms. The lowest BCUT2D eigenvalue weighted by Crippen LogP contribution is -2.33. The third-order valence-electron chi connectivity index (χ3n) is 3.11. The van der Waals surface area contributed by atoms with E-state index in [0.29, 0.717) is 13.0 Å². The smallest absolute Gasteiger partial charge is 0.220 e. The van der Waals surface area contributed by atoms with E-state index < -0.39 is 0 Å². The van der Waals surface area contributed by atoms with Gasteiger partial charge >= 0.3 is 0 Å². The van der Waals surface area contributed by atoms with Gasteiger partial charge in [-0.15, -0.1) is 12.4 Å². The molecule has 1 saturated carbocycles. The van der Waals surface area contributed by atoms with Crippen molar-refractivity contribution in [3.8, 4) is 0 Å². The van der Waals surface area contributed by atoms with E-state index in [1.807, 2.05) is 0 Å². The van der Waals surface area contributed by atoms with Gasteiger partial charge in [-0.3, -0.25) is 4.79 Å². The second kappa shape index (κ2) is 10.8. The molecule has 1 fully saturated rings. The van der Waals surface area contributed by atoms with Crippen LogP contribution in [0.15, 0.2) is 0 Å². The Balaban J connectivity index is 0.00000256. The van der Waals surface area contributed by atoms with Crippen LogP contribution in [0.4, 0.5) is 0 Å². The van der Waals surface area contributed by atoms with E-state index in [0.717, 1.165) is 32.0 Å². The normalized spacial score (nSPS) is 14.9. The second-order valence-corrected chi connectivity index (χ2v) is 4.43. The van der Waals surface area contributed by atoms with Gasteiger partial charge < -0.3 is 15.4 Å². The Bertz CT molecular complexity index is 199. The molecule has 0 spiro atoms. The Morgan fingerprint density at radius 2 is 2.06 bits per heavy atom. The third-order valence-corrected chi connectivity index (χ3v) is 3.11. The number of carbonyl (C=O) groups excluding carboxylic acids is 1. The van der Waals surface area contributed by atoms with Crippen LogP contribution in [0.2, 0.25) is 0 Å². The number of hydrogen-bond donors (Lipinski definition) is 2. The fourth-order valence-electron chi connectivity index (χ4n) is 1.79. The molecule has 2 N–H and O–H groups in total. The maximum Gasteiger partial charge on any atom is 0.220 e. The van der Waals surface area contributed by atoms with Crippen molar-refractivity contribution < 1.29 is 9.53 Å². The van der Waals surface area contributed by atoms with Crippen molar-refractivity contribution in [2.24, 2.45) is 5.92 Å². The van der Waals surface area contributed by atoms with Gasteiger partial charge in [-0.2, -0.15) is 0 Å². The van der Waals surface area contributed by atoms with Gasteiger partial charge in [0.2, 0.25) is 5.91 Å². The number of nitrogens with one attached hydrogen (secondary N) is 2. The number of methoxy groups -OCH3 is 1. The Labute approximate surface area is 110 Å². The van der Waals surface area contributed by atoms with Gasteiger partial charge in [0.15, 0.2) is 0 Å². The van der Waals surface area contributed by atoms with Crippen molar-refractivity contribution in [2.75, 3.05) is 33.4 Å². The highest BCUT2D eigenvalue weighted by Gasteiger charge is 2.17. The summed E-state index contributed by atoms with van der Waals surface area (Å²) in [6.07, 6.45) is 5.78. The molecule has 4 nitrogen and oxygen atoms in total. The van der Waals surface area contributed by atoms with E-state index in [2.05, 4.69) is 10.6 Å². The van der Waals surface area contributed by atoms with Crippen molar-refractivity contribution >= 4 is 18.3 Å². The van der Waals surface area contributed by atoms with Crippen LogP contribution in [-0.4, -0.2) is 39.3 Å². The van der Waals surface area contributed by atoms with Crippen LogP contribution in [0.5, 0.6) is 0 Å². The van der Waals surface area contributed by atoms with Crippen molar-refractivity contribution in [3.05, 3.63) is 0 Å². The minimum Gasteiger partial charge on any atom is -0.383 e. The highest BCUT2D eigenvalue weighted by molar-refractivity contribution is 5.85. The van der Waals surface area contributed by atoms with Gasteiger partial charge in [0.1, 0.15) is 0 Å². The maximum atomic E-state index is 11.4. The van der Waals surface area contributed by atoms with E-state index in [9.17, 15) is 4.79 Å². The van der Waals surface area contributed by atoms with Crippen molar-refractivity contribution in [3.63, 3.8) is 0 Å². The molecule has 0 saturated heterocycles. The summed E-state index contributed by atoms with van der Waals surface area (Å²) in [5.74, 6) is 1.02. The molecule has 102 valence electrons. The highest BCUT2D eigenvalue weighted by Crippen LogP contribution is 2.30. The summed E-state index contributed by atoms with van der Waals surface area (Å²) in [5.41, 5.74) is 0. The average Bonchev–Trinajstić information content (AvgIpc) is 2.21. The third kappa shape index (κ3) is 8.41. The van der Waals surface area contributed by atoms with Gasteiger partial charge in [-0.1, -0.05) is 19.3 Å². The van der Waals surface area contributed by atoms with Crippen LogP contribution >= 0.6 is 12.4 Å². The fourth-order valence-corrected chi connectivity index (χ4v) is 1.79. The largest absolute Gasteiger partial charge is 0.383 e. The molecule has 0 aliphatic heterocycles. The van der Waals surface area contributed by atoms with E-state index in [1.165, 1.54) is 19.3 Å². The van der Waals surface area contributed by atoms with Gasteiger partial charge in [-0.25, -0.2) is 0 Å². The fraction of sp³-hybridized carbons (Fsp3) is 0.917. The van der Waals surface area contributed by atoms with Crippen LogP contribution in [-0.2, 0) is 9.53 Å². The summed E-state index contributed by atoms with van der Waals surface area (Å²) in [5, 5.41) is 6.11. The van der Waals surface area contributed by atoms with Crippen LogP contribution in [0.1, 0.15) is 32.1 Å². The molecule has 1 aliphatic rings. The van der Waals surface area contributed by atoms with E-state index >= 15 is 0 Å².